The zero-order valence-electron chi connectivity index (χ0n) is 10.8. The molecule has 0 atom stereocenters. The average molecular weight is 263 g/mol. The Hall–Kier alpha value is -1.56. The molecule has 0 spiro atoms. The van der Waals surface area contributed by atoms with E-state index in [2.05, 4.69) is 26.6 Å². The van der Waals surface area contributed by atoms with Gasteiger partial charge in [-0.25, -0.2) is 9.97 Å². The van der Waals surface area contributed by atoms with Crippen LogP contribution in [0.5, 0.6) is 0 Å². The maximum atomic E-state index is 4.50. The fourth-order valence-electron chi connectivity index (χ4n) is 1.71. The predicted octanol–water partition coefficient (Wildman–Crippen LogP) is 1.96. The molecule has 5 nitrogen and oxygen atoms in total. The topological polar surface area (TPSA) is 55.6 Å². The molecule has 0 bridgehead atoms. The zero-order valence-corrected chi connectivity index (χ0v) is 11.7. The number of aromatic nitrogens is 4. The van der Waals surface area contributed by atoms with E-state index in [1.54, 1.807) is 22.6 Å². The normalized spacial score (nSPS) is 10.6. The summed E-state index contributed by atoms with van der Waals surface area (Å²) in [7, 11) is 1.91. The lowest BCUT2D eigenvalue weighted by Crippen LogP contribution is -2.07. The molecule has 0 aliphatic carbocycles. The molecule has 2 heterocycles. The van der Waals surface area contributed by atoms with Crippen molar-refractivity contribution in [3.8, 4) is 11.3 Å². The SMILES string of the molecule is CSCCNc1nccc(-c2cn(C)nc2C)n1. The summed E-state index contributed by atoms with van der Waals surface area (Å²) >= 11 is 1.80. The van der Waals surface area contributed by atoms with E-state index in [0.29, 0.717) is 5.95 Å². The highest BCUT2D eigenvalue weighted by molar-refractivity contribution is 7.98. The first-order chi connectivity index (χ1) is 8.70. The third-order valence-electron chi connectivity index (χ3n) is 2.53. The molecule has 2 aromatic rings. The van der Waals surface area contributed by atoms with Gasteiger partial charge in [-0.15, -0.1) is 0 Å². The molecule has 0 amide bonds. The summed E-state index contributed by atoms with van der Waals surface area (Å²) in [6.07, 6.45) is 5.83. The van der Waals surface area contributed by atoms with E-state index in [9.17, 15) is 0 Å². The van der Waals surface area contributed by atoms with Crippen LogP contribution in [0.25, 0.3) is 11.3 Å². The monoisotopic (exact) mass is 263 g/mol. The molecule has 0 fully saturated rings. The largest absolute Gasteiger partial charge is 0.353 e. The van der Waals surface area contributed by atoms with Crippen LogP contribution < -0.4 is 5.32 Å². The Labute approximate surface area is 111 Å². The third-order valence-corrected chi connectivity index (χ3v) is 3.15. The van der Waals surface area contributed by atoms with Gasteiger partial charge in [0.1, 0.15) is 0 Å². The van der Waals surface area contributed by atoms with E-state index in [-0.39, 0.29) is 0 Å². The second-order valence-corrected chi connectivity index (χ2v) is 4.97. The van der Waals surface area contributed by atoms with Crippen LogP contribution in [0, 0.1) is 6.92 Å². The molecule has 2 rings (SSSR count). The highest BCUT2D eigenvalue weighted by Crippen LogP contribution is 2.20. The van der Waals surface area contributed by atoms with Crippen LogP contribution >= 0.6 is 11.8 Å². The molecule has 0 radical (unpaired) electrons. The van der Waals surface area contributed by atoms with E-state index in [1.807, 2.05) is 26.2 Å². The summed E-state index contributed by atoms with van der Waals surface area (Å²) in [4.78, 5) is 8.72. The van der Waals surface area contributed by atoms with Gasteiger partial charge in [-0.3, -0.25) is 4.68 Å². The van der Waals surface area contributed by atoms with Gasteiger partial charge < -0.3 is 5.32 Å². The fraction of sp³-hybridized carbons (Fsp3) is 0.417. The van der Waals surface area contributed by atoms with E-state index in [1.165, 1.54) is 0 Å². The average Bonchev–Trinajstić information content (AvgIpc) is 2.69. The summed E-state index contributed by atoms with van der Waals surface area (Å²) in [5.41, 5.74) is 2.93. The molecular weight excluding hydrogens is 246 g/mol. The molecule has 0 aromatic carbocycles. The Balaban J connectivity index is 2.19. The predicted molar refractivity (Wildman–Crippen MR) is 75.8 cm³/mol. The highest BCUT2D eigenvalue weighted by atomic mass is 32.2. The summed E-state index contributed by atoms with van der Waals surface area (Å²) in [6.45, 7) is 2.86. The van der Waals surface area contributed by atoms with Crippen LogP contribution in [0.3, 0.4) is 0 Å². The van der Waals surface area contributed by atoms with Gasteiger partial charge in [-0.2, -0.15) is 16.9 Å². The number of thioether (sulfide) groups is 1. The quantitative estimate of drug-likeness (QED) is 0.836. The minimum absolute atomic E-state index is 0.671. The van der Waals surface area contributed by atoms with Gasteiger partial charge >= 0.3 is 0 Å². The van der Waals surface area contributed by atoms with Gasteiger partial charge in [0.05, 0.1) is 11.4 Å². The first-order valence-corrected chi connectivity index (χ1v) is 7.16. The van der Waals surface area contributed by atoms with E-state index in [0.717, 1.165) is 29.2 Å². The Kier molecular flexibility index (Phi) is 4.19. The van der Waals surface area contributed by atoms with Crippen molar-refractivity contribution in [2.24, 2.45) is 7.05 Å². The number of anilines is 1. The van der Waals surface area contributed by atoms with Crippen molar-refractivity contribution >= 4 is 17.7 Å². The Morgan fingerprint density at radius 1 is 1.44 bits per heavy atom. The van der Waals surface area contributed by atoms with Crippen molar-refractivity contribution in [3.05, 3.63) is 24.2 Å². The molecule has 18 heavy (non-hydrogen) atoms. The van der Waals surface area contributed by atoms with Gasteiger partial charge in [0, 0.05) is 37.3 Å². The second-order valence-electron chi connectivity index (χ2n) is 3.99. The molecule has 0 saturated carbocycles. The first-order valence-electron chi connectivity index (χ1n) is 5.77. The molecule has 1 N–H and O–H groups in total. The minimum atomic E-state index is 0.671. The first kappa shape index (κ1) is 12.9. The lowest BCUT2D eigenvalue weighted by molar-refractivity contribution is 0.756. The lowest BCUT2D eigenvalue weighted by atomic mass is 10.2. The molecule has 96 valence electrons. The van der Waals surface area contributed by atoms with E-state index < -0.39 is 0 Å². The summed E-state index contributed by atoms with van der Waals surface area (Å²) in [6, 6.07) is 1.91. The standard InChI is InChI=1S/C12H17N5S/c1-9-10(8-17(2)16-9)11-4-5-13-12(15-11)14-6-7-18-3/h4-5,8H,6-7H2,1-3H3,(H,13,14,15). The summed E-state index contributed by atoms with van der Waals surface area (Å²) in [5.74, 6) is 1.71. The van der Waals surface area contributed by atoms with Crippen molar-refractivity contribution in [1.29, 1.82) is 0 Å². The number of hydrogen-bond donors (Lipinski definition) is 1. The van der Waals surface area contributed by atoms with Crippen molar-refractivity contribution in [2.45, 2.75) is 6.92 Å². The van der Waals surface area contributed by atoms with Gasteiger partial charge in [-0.1, -0.05) is 0 Å². The molecule has 2 aromatic heterocycles. The maximum Gasteiger partial charge on any atom is 0.223 e. The highest BCUT2D eigenvalue weighted by Gasteiger charge is 2.08. The van der Waals surface area contributed by atoms with E-state index >= 15 is 0 Å². The van der Waals surface area contributed by atoms with Crippen molar-refractivity contribution < 1.29 is 0 Å². The Morgan fingerprint density at radius 3 is 2.94 bits per heavy atom. The van der Waals surface area contributed by atoms with Crippen molar-refractivity contribution in [2.75, 3.05) is 23.9 Å². The Bertz CT molecular complexity index is 523. The fourth-order valence-corrected chi connectivity index (χ4v) is 2.02. The minimum Gasteiger partial charge on any atom is -0.353 e. The zero-order chi connectivity index (χ0) is 13.0. The third kappa shape index (κ3) is 3.01. The van der Waals surface area contributed by atoms with Gasteiger partial charge in [0.15, 0.2) is 0 Å². The Morgan fingerprint density at radius 2 is 2.28 bits per heavy atom. The van der Waals surface area contributed by atoms with Crippen LogP contribution in [0.4, 0.5) is 5.95 Å². The number of hydrogen-bond acceptors (Lipinski definition) is 5. The smallest absolute Gasteiger partial charge is 0.223 e. The number of rotatable bonds is 5. The summed E-state index contributed by atoms with van der Waals surface area (Å²) in [5, 5.41) is 7.54. The van der Waals surface area contributed by atoms with Crippen LogP contribution in [-0.2, 0) is 7.05 Å². The molecule has 0 aliphatic heterocycles. The second kappa shape index (κ2) is 5.86. The van der Waals surface area contributed by atoms with Gasteiger partial charge in [0.25, 0.3) is 0 Å². The molecule has 0 saturated heterocycles. The van der Waals surface area contributed by atoms with E-state index in [4.69, 9.17) is 0 Å². The van der Waals surface area contributed by atoms with Crippen LogP contribution in [0.1, 0.15) is 5.69 Å². The van der Waals surface area contributed by atoms with Crippen LogP contribution in [0.2, 0.25) is 0 Å². The number of nitrogens with zero attached hydrogens (tertiary/aromatic N) is 4. The van der Waals surface area contributed by atoms with Gasteiger partial charge in [-0.05, 0) is 19.2 Å². The number of aryl methyl sites for hydroxylation is 2. The molecular formula is C12H17N5S. The summed E-state index contributed by atoms with van der Waals surface area (Å²) < 4.78 is 1.80. The maximum absolute atomic E-state index is 4.50. The molecule has 6 heteroatoms. The molecule has 0 unspecified atom stereocenters. The molecule has 0 aliphatic rings. The van der Waals surface area contributed by atoms with Crippen molar-refractivity contribution in [3.63, 3.8) is 0 Å². The van der Waals surface area contributed by atoms with Gasteiger partial charge in [0.2, 0.25) is 5.95 Å². The number of nitrogens with one attached hydrogen (secondary N) is 1. The van der Waals surface area contributed by atoms with Crippen LogP contribution in [-0.4, -0.2) is 38.3 Å². The lowest BCUT2D eigenvalue weighted by Gasteiger charge is -2.04. The van der Waals surface area contributed by atoms with Crippen LogP contribution in [0.15, 0.2) is 18.5 Å². The van der Waals surface area contributed by atoms with Crippen molar-refractivity contribution in [1.82, 2.24) is 19.7 Å².